The van der Waals surface area contributed by atoms with Gasteiger partial charge in [-0.1, -0.05) is 58.9 Å². The van der Waals surface area contributed by atoms with Crippen LogP contribution in [0.15, 0.2) is 54.1 Å². The van der Waals surface area contributed by atoms with Crippen LogP contribution in [0.3, 0.4) is 0 Å². The molecule has 4 aliphatic rings. The molecule has 0 radical (unpaired) electrons. The van der Waals surface area contributed by atoms with Crippen LogP contribution < -0.4 is 4.31 Å². The van der Waals surface area contributed by atoms with Crippen LogP contribution in [0.2, 0.25) is 0 Å². The fraction of sp³-hybridized carbons (Fsp3) is 0.596. The summed E-state index contributed by atoms with van der Waals surface area (Å²) in [5.41, 5.74) is 2.93. The van der Waals surface area contributed by atoms with Crippen molar-refractivity contribution in [3.8, 4) is 11.3 Å². The van der Waals surface area contributed by atoms with Gasteiger partial charge in [-0.05, 0) is 99.1 Å². The number of rotatable bonds is 12. The smallest absolute Gasteiger partial charge is 0.311 e. The van der Waals surface area contributed by atoms with Crippen LogP contribution in [0.5, 0.6) is 0 Å². The summed E-state index contributed by atoms with van der Waals surface area (Å²) >= 11 is 0. The number of cyclic esters (lactones) is 2. The Kier molecular flexibility index (Phi) is 15.9. The SMILES string of the molecule is CC(C)c1nc(N(C)S(C)(=O)=O)nc(-c2ccc(F)cc2)c1/C=C/C1CC(O)CC(=O)O1.CCC(C)(C)C(=O)OC1CC(C)C=C2C=CC(C)C(CCC3CC(O)CC(=O)O3)C21. The molecule has 1 aromatic carbocycles. The number of hydrogen-bond acceptors (Lipinski definition) is 12. The molecule has 0 saturated carbocycles. The van der Waals surface area contributed by atoms with Crippen LogP contribution in [0.4, 0.5) is 10.3 Å². The van der Waals surface area contributed by atoms with Crippen LogP contribution in [0.1, 0.15) is 117 Å². The number of anilines is 1. The van der Waals surface area contributed by atoms with Crippen LogP contribution in [0.25, 0.3) is 17.3 Å². The lowest BCUT2D eigenvalue weighted by atomic mass is 9.65. The molecule has 340 valence electrons. The van der Waals surface area contributed by atoms with Gasteiger partial charge in [0.25, 0.3) is 0 Å². The Hall–Kier alpha value is -4.47. The second kappa shape index (κ2) is 20.4. The molecule has 9 unspecified atom stereocenters. The number of carbonyl (C=O) groups is 3. The van der Waals surface area contributed by atoms with E-state index in [-0.39, 0.29) is 61.2 Å². The number of aromatic nitrogens is 2. The molecule has 0 spiro atoms. The summed E-state index contributed by atoms with van der Waals surface area (Å²) in [5, 5.41) is 19.8. The maximum Gasteiger partial charge on any atom is 0.311 e. The van der Waals surface area contributed by atoms with Gasteiger partial charge in [0.2, 0.25) is 16.0 Å². The van der Waals surface area contributed by atoms with Crippen molar-refractivity contribution in [1.82, 2.24) is 9.97 Å². The minimum absolute atomic E-state index is 0.00723. The van der Waals surface area contributed by atoms with Gasteiger partial charge in [-0.3, -0.25) is 14.4 Å². The lowest BCUT2D eigenvalue weighted by molar-refractivity contribution is -0.166. The quantitative estimate of drug-likeness (QED) is 0.159. The van der Waals surface area contributed by atoms with Crippen molar-refractivity contribution in [1.29, 1.82) is 0 Å². The lowest BCUT2D eigenvalue weighted by Crippen LogP contribution is -2.43. The number of esters is 3. The normalized spacial score (nSPS) is 27.7. The maximum absolute atomic E-state index is 13.5. The number of ether oxygens (including phenoxy) is 3. The van der Waals surface area contributed by atoms with Crippen molar-refractivity contribution in [2.24, 2.45) is 29.1 Å². The molecule has 15 heteroatoms. The summed E-state index contributed by atoms with van der Waals surface area (Å²) < 4.78 is 55.6. The number of sulfonamides is 1. The molecule has 0 bridgehead atoms. The van der Waals surface area contributed by atoms with Gasteiger partial charge in [-0.15, -0.1) is 0 Å². The van der Waals surface area contributed by atoms with E-state index in [4.69, 9.17) is 14.2 Å². The summed E-state index contributed by atoms with van der Waals surface area (Å²) in [4.78, 5) is 45.2. The van der Waals surface area contributed by atoms with Crippen molar-refractivity contribution >= 4 is 40.0 Å². The predicted molar refractivity (Wildman–Crippen MR) is 234 cm³/mol. The molecule has 2 aromatic rings. The highest BCUT2D eigenvalue weighted by atomic mass is 32.2. The molecule has 0 amide bonds. The van der Waals surface area contributed by atoms with Crippen molar-refractivity contribution in [3.05, 3.63) is 71.2 Å². The van der Waals surface area contributed by atoms with Crippen molar-refractivity contribution in [2.75, 3.05) is 17.6 Å². The Labute approximate surface area is 365 Å². The number of halogens is 1. The molecule has 1 aromatic heterocycles. The molecule has 2 aliphatic heterocycles. The van der Waals surface area contributed by atoms with Gasteiger partial charge in [0, 0.05) is 36.9 Å². The molecule has 9 atom stereocenters. The molecule has 2 saturated heterocycles. The van der Waals surface area contributed by atoms with E-state index in [0.29, 0.717) is 46.7 Å². The van der Waals surface area contributed by atoms with Gasteiger partial charge in [-0.25, -0.2) is 27.1 Å². The largest absolute Gasteiger partial charge is 0.462 e. The molecule has 2 aliphatic carbocycles. The van der Waals surface area contributed by atoms with E-state index in [2.05, 4.69) is 42.0 Å². The molecular formula is C47H64FN3O10S. The van der Waals surface area contributed by atoms with E-state index < -0.39 is 45.5 Å². The van der Waals surface area contributed by atoms with Crippen molar-refractivity contribution < 1.29 is 51.6 Å². The number of aliphatic hydroxyl groups is 2. The average molecular weight is 882 g/mol. The third-order valence-corrected chi connectivity index (χ3v) is 13.6. The molecule has 2 fully saturated rings. The third-order valence-electron chi connectivity index (χ3n) is 12.4. The molecule has 62 heavy (non-hydrogen) atoms. The first kappa shape index (κ1) is 48.6. The third kappa shape index (κ3) is 12.4. The minimum Gasteiger partial charge on any atom is -0.462 e. The highest BCUT2D eigenvalue weighted by Gasteiger charge is 2.43. The number of carbonyl (C=O) groups excluding carboxylic acids is 3. The van der Waals surface area contributed by atoms with E-state index in [1.165, 1.54) is 24.8 Å². The highest BCUT2D eigenvalue weighted by Crippen LogP contribution is 2.46. The van der Waals surface area contributed by atoms with Gasteiger partial charge < -0.3 is 24.4 Å². The van der Waals surface area contributed by atoms with Gasteiger partial charge in [0.05, 0.1) is 48.1 Å². The molecule has 3 heterocycles. The number of aliphatic hydroxyl groups excluding tert-OH is 2. The second-order valence-corrected chi connectivity index (χ2v) is 20.3. The predicted octanol–water partition coefficient (Wildman–Crippen LogP) is 7.47. The van der Waals surface area contributed by atoms with Crippen LogP contribution >= 0.6 is 0 Å². The van der Waals surface area contributed by atoms with Crippen molar-refractivity contribution in [2.45, 2.75) is 136 Å². The van der Waals surface area contributed by atoms with E-state index in [1.807, 2.05) is 34.6 Å². The number of allylic oxidation sites excluding steroid dienone is 3. The van der Waals surface area contributed by atoms with Crippen LogP contribution in [-0.4, -0.2) is 90.3 Å². The molecule has 13 nitrogen and oxygen atoms in total. The second-order valence-electron chi connectivity index (χ2n) is 18.3. The molecule has 6 rings (SSSR count). The minimum atomic E-state index is -3.61. The number of benzene rings is 1. The fourth-order valence-corrected chi connectivity index (χ4v) is 8.78. The Morgan fingerprint density at radius 3 is 2.26 bits per heavy atom. The summed E-state index contributed by atoms with van der Waals surface area (Å²) in [7, 11) is -2.25. The van der Waals surface area contributed by atoms with Gasteiger partial charge in [-0.2, -0.15) is 0 Å². The first-order valence-corrected chi connectivity index (χ1v) is 23.6. The number of hydrogen-bond donors (Lipinski definition) is 2. The highest BCUT2D eigenvalue weighted by molar-refractivity contribution is 7.92. The van der Waals surface area contributed by atoms with Gasteiger partial charge >= 0.3 is 17.9 Å². The van der Waals surface area contributed by atoms with E-state index in [9.17, 15) is 37.4 Å². The molecule has 2 N–H and O–H groups in total. The number of nitrogens with zero attached hydrogens (tertiary/aromatic N) is 3. The summed E-state index contributed by atoms with van der Waals surface area (Å²) in [6.45, 7) is 14.1. The Morgan fingerprint density at radius 2 is 1.66 bits per heavy atom. The van der Waals surface area contributed by atoms with Gasteiger partial charge in [0.15, 0.2) is 0 Å². The van der Waals surface area contributed by atoms with E-state index in [1.54, 1.807) is 24.3 Å². The van der Waals surface area contributed by atoms with E-state index >= 15 is 0 Å². The monoisotopic (exact) mass is 881 g/mol. The maximum atomic E-state index is 13.5. The standard InChI is InChI=1S/C25H38O5.C22H26FN3O5S/c1-6-25(4,5)24(28)30-21-12-15(2)11-17-8-7-16(3)20(23(17)21)10-9-19-13-18(26)14-22(27)29-19;1-13(2)20-18(10-9-17-11-16(27)12-19(28)31-17)21(14-5-7-15(23)8-6-14)25-22(24-20)26(3)32(4,29)30/h7-8,11,15-16,18-21,23,26H,6,9-10,12-14H2,1-5H3;5-10,13,16-17,27H,11-12H2,1-4H3/b;10-9+. The fourth-order valence-electron chi connectivity index (χ4n) is 8.41. The zero-order chi connectivity index (χ0) is 45.7. The molecular weight excluding hydrogens is 818 g/mol. The summed E-state index contributed by atoms with van der Waals surface area (Å²) in [6, 6.07) is 5.68. The average Bonchev–Trinajstić information content (AvgIpc) is 3.18. The van der Waals surface area contributed by atoms with E-state index in [0.717, 1.165) is 36.2 Å². The zero-order valence-electron chi connectivity index (χ0n) is 37.4. The first-order chi connectivity index (χ1) is 29.1. The Balaban J connectivity index is 0.000000235. The van der Waals surface area contributed by atoms with Crippen LogP contribution in [0, 0.1) is 34.9 Å². The van der Waals surface area contributed by atoms with Gasteiger partial charge in [0.1, 0.15) is 24.1 Å². The summed E-state index contributed by atoms with van der Waals surface area (Å²) in [5.74, 6) is -0.239. The summed E-state index contributed by atoms with van der Waals surface area (Å²) in [6.07, 6.45) is 12.8. The van der Waals surface area contributed by atoms with Crippen LogP contribution in [-0.2, 0) is 38.6 Å². The Bertz CT molecular complexity index is 2140. The topological polar surface area (TPSA) is 183 Å². The Morgan fingerprint density at radius 1 is 1.02 bits per heavy atom. The van der Waals surface area contributed by atoms with Crippen molar-refractivity contribution in [3.63, 3.8) is 0 Å². The zero-order valence-corrected chi connectivity index (χ0v) is 38.2. The lowest BCUT2D eigenvalue weighted by Gasteiger charge is -2.44. The first-order valence-electron chi connectivity index (χ1n) is 21.7. The number of fused-ring (bicyclic) bond motifs is 1.